The number of ether oxygens (including phenoxy) is 1. The largest absolute Gasteiger partial charge is 0.380 e. The molecular formula is C15H32N2O. The lowest BCUT2D eigenvalue weighted by Gasteiger charge is -2.40. The summed E-state index contributed by atoms with van der Waals surface area (Å²) >= 11 is 0. The van der Waals surface area contributed by atoms with Crippen molar-refractivity contribution in [2.45, 2.75) is 52.5 Å². The Bertz CT molecular complexity index is 233. The Hall–Kier alpha value is -0.120. The predicted octanol–water partition coefficient (Wildman–Crippen LogP) is 2.50. The molecule has 1 heterocycles. The van der Waals surface area contributed by atoms with E-state index < -0.39 is 0 Å². The number of nitrogens with two attached hydrogens (primary N) is 1. The molecule has 2 atom stereocenters. The van der Waals surface area contributed by atoms with Crippen LogP contribution in [0.5, 0.6) is 0 Å². The van der Waals surface area contributed by atoms with Crippen LogP contribution in [0.25, 0.3) is 0 Å². The maximum Gasteiger partial charge on any atom is 0.0659 e. The van der Waals surface area contributed by atoms with E-state index >= 15 is 0 Å². The number of likely N-dealkylation sites (tertiary alicyclic amines) is 1. The van der Waals surface area contributed by atoms with Crippen molar-refractivity contribution in [1.29, 1.82) is 0 Å². The molecule has 0 spiro atoms. The number of nitrogens with zero attached hydrogens (tertiary/aromatic N) is 1. The molecule has 0 aromatic carbocycles. The second-order valence-corrected chi connectivity index (χ2v) is 6.26. The lowest BCUT2D eigenvalue weighted by Crippen LogP contribution is -2.55. The molecule has 108 valence electrons. The highest BCUT2D eigenvalue weighted by Crippen LogP contribution is 2.27. The summed E-state index contributed by atoms with van der Waals surface area (Å²) in [5, 5.41) is 0. The molecule has 3 nitrogen and oxygen atoms in total. The van der Waals surface area contributed by atoms with E-state index in [2.05, 4.69) is 25.7 Å². The highest BCUT2D eigenvalue weighted by Gasteiger charge is 2.32. The van der Waals surface area contributed by atoms with Gasteiger partial charge in [0.15, 0.2) is 0 Å². The highest BCUT2D eigenvalue weighted by molar-refractivity contribution is 4.89. The minimum Gasteiger partial charge on any atom is -0.380 e. The smallest absolute Gasteiger partial charge is 0.0659 e. The van der Waals surface area contributed by atoms with Gasteiger partial charge < -0.3 is 10.5 Å². The monoisotopic (exact) mass is 256 g/mol. The summed E-state index contributed by atoms with van der Waals surface area (Å²) in [5.41, 5.74) is 6.02. The molecule has 0 bridgehead atoms. The quantitative estimate of drug-likeness (QED) is 0.793. The van der Waals surface area contributed by atoms with Crippen LogP contribution in [0.3, 0.4) is 0 Å². The Morgan fingerprint density at radius 3 is 2.61 bits per heavy atom. The van der Waals surface area contributed by atoms with Gasteiger partial charge in [0.05, 0.1) is 12.1 Å². The number of hydrogen-bond donors (Lipinski definition) is 1. The summed E-state index contributed by atoms with van der Waals surface area (Å²) in [7, 11) is 0. The van der Waals surface area contributed by atoms with Crippen molar-refractivity contribution in [1.82, 2.24) is 4.90 Å². The summed E-state index contributed by atoms with van der Waals surface area (Å²) < 4.78 is 5.64. The van der Waals surface area contributed by atoms with E-state index in [1.165, 1.54) is 32.4 Å². The van der Waals surface area contributed by atoms with Crippen LogP contribution in [0.2, 0.25) is 0 Å². The lowest BCUT2D eigenvalue weighted by atomic mass is 9.89. The molecule has 1 fully saturated rings. The zero-order valence-electron chi connectivity index (χ0n) is 12.7. The number of hydrogen-bond acceptors (Lipinski definition) is 3. The normalized spacial score (nSPS) is 26.0. The average Bonchev–Trinajstić information content (AvgIpc) is 2.62. The van der Waals surface area contributed by atoms with Crippen LogP contribution in [-0.4, -0.2) is 43.3 Å². The van der Waals surface area contributed by atoms with Crippen LogP contribution in [0.15, 0.2) is 0 Å². The third-order valence-corrected chi connectivity index (χ3v) is 4.54. The van der Waals surface area contributed by atoms with Crippen molar-refractivity contribution in [3.05, 3.63) is 0 Å². The van der Waals surface area contributed by atoms with Gasteiger partial charge in [0.2, 0.25) is 0 Å². The second kappa shape index (κ2) is 7.46. The van der Waals surface area contributed by atoms with Crippen LogP contribution in [0.1, 0.15) is 47.0 Å². The summed E-state index contributed by atoms with van der Waals surface area (Å²) in [5.74, 6) is 1.69. The summed E-state index contributed by atoms with van der Waals surface area (Å²) in [6.45, 7) is 13.6. The molecule has 0 aliphatic carbocycles. The van der Waals surface area contributed by atoms with Crippen molar-refractivity contribution in [2.24, 2.45) is 17.6 Å². The third kappa shape index (κ3) is 4.22. The van der Waals surface area contributed by atoms with Crippen LogP contribution < -0.4 is 5.73 Å². The second-order valence-electron chi connectivity index (χ2n) is 6.26. The van der Waals surface area contributed by atoms with Gasteiger partial charge in [-0.3, -0.25) is 4.90 Å². The van der Waals surface area contributed by atoms with E-state index in [1.807, 2.05) is 6.92 Å². The molecule has 2 N–H and O–H groups in total. The molecule has 3 heteroatoms. The van der Waals surface area contributed by atoms with Crippen molar-refractivity contribution in [3.63, 3.8) is 0 Å². The maximum absolute atomic E-state index is 6.00. The van der Waals surface area contributed by atoms with Crippen LogP contribution in [-0.2, 0) is 4.74 Å². The first-order chi connectivity index (χ1) is 8.53. The van der Waals surface area contributed by atoms with Crippen LogP contribution >= 0.6 is 0 Å². The van der Waals surface area contributed by atoms with Crippen molar-refractivity contribution in [2.75, 3.05) is 32.8 Å². The van der Waals surface area contributed by atoms with Gasteiger partial charge in [-0.25, -0.2) is 0 Å². The molecule has 1 rings (SSSR count). The fraction of sp³-hybridized carbons (Fsp3) is 1.00. The minimum absolute atomic E-state index is 0.0158. The zero-order valence-corrected chi connectivity index (χ0v) is 12.7. The Morgan fingerprint density at radius 2 is 2.06 bits per heavy atom. The third-order valence-electron chi connectivity index (χ3n) is 4.54. The van der Waals surface area contributed by atoms with E-state index in [9.17, 15) is 0 Å². The Kier molecular flexibility index (Phi) is 6.61. The molecule has 0 saturated carbocycles. The van der Waals surface area contributed by atoms with E-state index in [0.29, 0.717) is 6.54 Å². The van der Waals surface area contributed by atoms with E-state index in [-0.39, 0.29) is 5.54 Å². The van der Waals surface area contributed by atoms with E-state index in [0.717, 1.165) is 25.0 Å². The summed E-state index contributed by atoms with van der Waals surface area (Å²) in [4.78, 5) is 2.56. The van der Waals surface area contributed by atoms with Crippen LogP contribution in [0, 0.1) is 11.8 Å². The first kappa shape index (κ1) is 15.9. The SMILES string of the molecule is CCOCC(C)(CN)N1CCCC(C(C)C)CC1. The molecule has 0 radical (unpaired) electrons. The summed E-state index contributed by atoms with van der Waals surface area (Å²) in [6, 6.07) is 0. The van der Waals surface area contributed by atoms with Gasteiger partial charge in [-0.05, 0) is 58.0 Å². The molecule has 1 aliphatic heterocycles. The molecule has 0 aromatic heterocycles. The topological polar surface area (TPSA) is 38.5 Å². The van der Waals surface area contributed by atoms with E-state index in [1.54, 1.807) is 0 Å². The van der Waals surface area contributed by atoms with Crippen LogP contribution in [0.4, 0.5) is 0 Å². The summed E-state index contributed by atoms with van der Waals surface area (Å²) in [6.07, 6.45) is 3.97. The van der Waals surface area contributed by atoms with Gasteiger partial charge in [-0.2, -0.15) is 0 Å². The van der Waals surface area contributed by atoms with Gasteiger partial charge in [0.1, 0.15) is 0 Å². The fourth-order valence-corrected chi connectivity index (χ4v) is 2.93. The maximum atomic E-state index is 6.00. The van der Waals surface area contributed by atoms with Gasteiger partial charge in [0, 0.05) is 13.2 Å². The molecule has 18 heavy (non-hydrogen) atoms. The van der Waals surface area contributed by atoms with Gasteiger partial charge in [-0.15, -0.1) is 0 Å². The van der Waals surface area contributed by atoms with Crippen molar-refractivity contribution < 1.29 is 4.74 Å². The molecule has 2 unspecified atom stereocenters. The van der Waals surface area contributed by atoms with E-state index in [4.69, 9.17) is 10.5 Å². The van der Waals surface area contributed by atoms with Gasteiger partial charge >= 0.3 is 0 Å². The molecule has 1 aliphatic rings. The molecular weight excluding hydrogens is 224 g/mol. The van der Waals surface area contributed by atoms with Gasteiger partial charge in [0.25, 0.3) is 0 Å². The molecule has 0 amide bonds. The first-order valence-corrected chi connectivity index (χ1v) is 7.56. The molecule has 0 aromatic rings. The minimum atomic E-state index is 0.0158. The standard InChI is InChI=1S/C15H32N2O/c1-5-18-12-15(4,11-16)17-9-6-7-14(8-10-17)13(2)3/h13-14H,5-12,16H2,1-4H3. The van der Waals surface area contributed by atoms with Crippen molar-refractivity contribution >= 4 is 0 Å². The Labute approximate surface area is 113 Å². The Balaban J connectivity index is 2.58. The highest BCUT2D eigenvalue weighted by atomic mass is 16.5. The zero-order chi connectivity index (χ0) is 13.6. The average molecular weight is 256 g/mol. The first-order valence-electron chi connectivity index (χ1n) is 7.56. The van der Waals surface area contributed by atoms with Gasteiger partial charge in [-0.1, -0.05) is 13.8 Å². The fourth-order valence-electron chi connectivity index (χ4n) is 2.93. The van der Waals surface area contributed by atoms with Crippen molar-refractivity contribution in [3.8, 4) is 0 Å². The number of rotatable bonds is 6. The Morgan fingerprint density at radius 1 is 1.33 bits per heavy atom. The predicted molar refractivity (Wildman–Crippen MR) is 77.7 cm³/mol. The lowest BCUT2D eigenvalue weighted by molar-refractivity contribution is 0.0112. The molecule has 1 saturated heterocycles.